The van der Waals surface area contributed by atoms with Crippen LogP contribution < -0.4 is 11.1 Å². The predicted octanol–water partition coefficient (Wildman–Crippen LogP) is 1.94. The zero-order chi connectivity index (χ0) is 12.7. The summed E-state index contributed by atoms with van der Waals surface area (Å²) < 4.78 is 0. The average Bonchev–Trinajstić information content (AvgIpc) is 2.28. The highest BCUT2D eigenvalue weighted by molar-refractivity contribution is 7.99. The number of thioether (sulfide) groups is 1. The molecule has 1 amide bonds. The maximum atomic E-state index is 11.2. The predicted molar refractivity (Wildman–Crippen MR) is 73.2 cm³/mol. The standard InChI is InChI=1S/C13H20N2OS/c1-3-7-15-12(13(14)16)9-17-11-6-4-5-10(2)8-11/h4-6,8,12,15H,3,7,9H2,1-2H3,(H2,14,16). The monoisotopic (exact) mass is 252 g/mol. The Balaban J connectivity index is 2.48. The Morgan fingerprint density at radius 3 is 2.88 bits per heavy atom. The number of rotatable bonds is 7. The first-order valence-electron chi connectivity index (χ1n) is 5.85. The molecule has 1 atom stereocenters. The van der Waals surface area contributed by atoms with E-state index >= 15 is 0 Å². The Morgan fingerprint density at radius 2 is 2.29 bits per heavy atom. The van der Waals surface area contributed by atoms with Gasteiger partial charge in [0.25, 0.3) is 0 Å². The lowest BCUT2D eigenvalue weighted by atomic mass is 10.2. The van der Waals surface area contributed by atoms with Gasteiger partial charge in [0.05, 0.1) is 6.04 Å². The van der Waals surface area contributed by atoms with Crippen LogP contribution in [0.15, 0.2) is 29.2 Å². The van der Waals surface area contributed by atoms with E-state index in [2.05, 4.69) is 37.4 Å². The second kappa shape index (κ2) is 7.35. The van der Waals surface area contributed by atoms with Gasteiger partial charge in [-0.15, -0.1) is 11.8 Å². The zero-order valence-electron chi connectivity index (χ0n) is 10.4. The first-order chi connectivity index (χ1) is 8.13. The molecule has 0 radical (unpaired) electrons. The van der Waals surface area contributed by atoms with Crippen molar-refractivity contribution in [1.29, 1.82) is 0 Å². The molecule has 3 N–H and O–H groups in total. The van der Waals surface area contributed by atoms with Crippen molar-refractivity contribution in [2.45, 2.75) is 31.2 Å². The van der Waals surface area contributed by atoms with E-state index in [4.69, 9.17) is 5.73 Å². The summed E-state index contributed by atoms with van der Waals surface area (Å²) in [6.07, 6.45) is 0.999. The number of carbonyl (C=O) groups excluding carboxylic acids is 1. The Labute approximate surface area is 107 Å². The summed E-state index contributed by atoms with van der Waals surface area (Å²) in [7, 11) is 0. The number of hydrogen-bond acceptors (Lipinski definition) is 3. The number of amides is 1. The molecule has 1 aromatic carbocycles. The van der Waals surface area contributed by atoms with E-state index in [9.17, 15) is 4.79 Å². The van der Waals surface area contributed by atoms with Crippen LogP contribution in [0.1, 0.15) is 18.9 Å². The summed E-state index contributed by atoms with van der Waals surface area (Å²) in [5, 5.41) is 3.16. The third kappa shape index (κ3) is 5.24. The van der Waals surface area contributed by atoms with Crippen LogP contribution in [0.5, 0.6) is 0 Å². The molecule has 0 aliphatic rings. The molecular formula is C13H20N2OS. The minimum absolute atomic E-state index is 0.250. The quantitative estimate of drug-likeness (QED) is 0.729. The van der Waals surface area contributed by atoms with Crippen molar-refractivity contribution < 1.29 is 4.79 Å². The van der Waals surface area contributed by atoms with Gasteiger partial charge < -0.3 is 11.1 Å². The smallest absolute Gasteiger partial charge is 0.235 e. The number of hydrogen-bond donors (Lipinski definition) is 2. The van der Waals surface area contributed by atoms with Gasteiger partial charge in [0.1, 0.15) is 0 Å². The van der Waals surface area contributed by atoms with Crippen LogP contribution in [0, 0.1) is 6.92 Å². The number of nitrogens with two attached hydrogens (primary N) is 1. The summed E-state index contributed by atoms with van der Waals surface area (Å²) >= 11 is 1.66. The highest BCUT2D eigenvalue weighted by Gasteiger charge is 2.14. The van der Waals surface area contributed by atoms with Crippen LogP contribution in [-0.2, 0) is 4.79 Å². The molecule has 94 valence electrons. The van der Waals surface area contributed by atoms with Crippen LogP contribution >= 0.6 is 11.8 Å². The van der Waals surface area contributed by atoms with Crippen LogP contribution in [0.4, 0.5) is 0 Å². The molecule has 4 heteroatoms. The minimum Gasteiger partial charge on any atom is -0.368 e. The maximum Gasteiger partial charge on any atom is 0.235 e. The summed E-state index contributed by atoms with van der Waals surface area (Å²) in [4.78, 5) is 12.4. The van der Waals surface area contributed by atoms with Gasteiger partial charge >= 0.3 is 0 Å². The molecule has 0 bridgehead atoms. The molecule has 0 spiro atoms. The fraction of sp³-hybridized carbons (Fsp3) is 0.462. The molecule has 0 aliphatic heterocycles. The SMILES string of the molecule is CCCNC(CSc1cccc(C)c1)C(N)=O. The lowest BCUT2D eigenvalue weighted by Crippen LogP contribution is -2.43. The maximum absolute atomic E-state index is 11.2. The highest BCUT2D eigenvalue weighted by atomic mass is 32.2. The van der Waals surface area contributed by atoms with Gasteiger partial charge in [-0.1, -0.05) is 24.6 Å². The van der Waals surface area contributed by atoms with E-state index in [1.807, 2.05) is 6.07 Å². The fourth-order valence-electron chi connectivity index (χ4n) is 1.44. The molecular weight excluding hydrogens is 232 g/mol. The van der Waals surface area contributed by atoms with Gasteiger partial charge in [-0.2, -0.15) is 0 Å². The van der Waals surface area contributed by atoms with E-state index in [0.29, 0.717) is 5.75 Å². The van der Waals surface area contributed by atoms with E-state index < -0.39 is 0 Å². The Morgan fingerprint density at radius 1 is 1.53 bits per heavy atom. The summed E-state index contributed by atoms with van der Waals surface area (Å²) in [5.41, 5.74) is 6.59. The van der Waals surface area contributed by atoms with Crippen molar-refractivity contribution in [3.05, 3.63) is 29.8 Å². The molecule has 1 unspecified atom stereocenters. The molecule has 0 aromatic heterocycles. The molecule has 0 fully saturated rings. The number of carbonyl (C=O) groups is 1. The van der Waals surface area contributed by atoms with Gasteiger partial charge in [-0.25, -0.2) is 0 Å². The van der Waals surface area contributed by atoms with Gasteiger partial charge in [-0.05, 0) is 32.0 Å². The lowest BCUT2D eigenvalue weighted by Gasteiger charge is -2.14. The number of benzene rings is 1. The van der Waals surface area contributed by atoms with Crippen molar-refractivity contribution in [1.82, 2.24) is 5.32 Å². The third-order valence-electron chi connectivity index (χ3n) is 2.39. The van der Waals surface area contributed by atoms with Gasteiger partial charge in [0.15, 0.2) is 0 Å². The van der Waals surface area contributed by atoms with E-state index in [0.717, 1.165) is 13.0 Å². The Bertz CT molecular complexity index is 368. The van der Waals surface area contributed by atoms with E-state index in [-0.39, 0.29) is 11.9 Å². The second-order valence-electron chi connectivity index (χ2n) is 4.04. The lowest BCUT2D eigenvalue weighted by molar-refractivity contribution is -0.119. The Hall–Kier alpha value is -1.00. The van der Waals surface area contributed by atoms with Crippen molar-refractivity contribution >= 4 is 17.7 Å². The topological polar surface area (TPSA) is 55.1 Å². The molecule has 17 heavy (non-hydrogen) atoms. The van der Waals surface area contributed by atoms with Crippen LogP contribution in [0.2, 0.25) is 0 Å². The minimum atomic E-state index is -0.279. The van der Waals surface area contributed by atoms with Gasteiger partial charge in [0.2, 0.25) is 5.91 Å². The molecule has 1 aromatic rings. The fourth-order valence-corrected chi connectivity index (χ4v) is 2.53. The van der Waals surface area contributed by atoms with E-state index in [1.54, 1.807) is 11.8 Å². The normalized spacial score (nSPS) is 12.4. The zero-order valence-corrected chi connectivity index (χ0v) is 11.2. The number of primary amides is 1. The molecule has 0 aliphatic carbocycles. The molecule has 0 saturated heterocycles. The van der Waals surface area contributed by atoms with Gasteiger partial charge in [0, 0.05) is 10.6 Å². The van der Waals surface area contributed by atoms with Crippen molar-refractivity contribution in [2.75, 3.05) is 12.3 Å². The highest BCUT2D eigenvalue weighted by Crippen LogP contribution is 2.19. The summed E-state index contributed by atoms with van der Waals surface area (Å²) in [5.74, 6) is 0.400. The average molecular weight is 252 g/mol. The van der Waals surface area contributed by atoms with Crippen molar-refractivity contribution in [3.8, 4) is 0 Å². The number of aryl methyl sites for hydroxylation is 1. The van der Waals surface area contributed by atoms with Crippen LogP contribution in [0.3, 0.4) is 0 Å². The first-order valence-corrected chi connectivity index (χ1v) is 6.84. The summed E-state index contributed by atoms with van der Waals surface area (Å²) in [6.45, 7) is 4.95. The number of nitrogens with one attached hydrogen (secondary N) is 1. The Kier molecular flexibility index (Phi) is 6.08. The summed E-state index contributed by atoms with van der Waals surface area (Å²) in [6, 6.07) is 8.00. The molecule has 3 nitrogen and oxygen atoms in total. The van der Waals surface area contributed by atoms with Gasteiger partial charge in [-0.3, -0.25) is 4.79 Å². The first kappa shape index (κ1) is 14.1. The third-order valence-corrected chi connectivity index (χ3v) is 3.48. The van der Waals surface area contributed by atoms with E-state index in [1.165, 1.54) is 10.5 Å². The molecule has 1 rings (SSSR count). The largest absolute Gasteiger partial charge is 0.368 e. The van der Waals surface area contributed by atoms with Crippen LogP contribution in [-0.4, -0.2) is 24.2 Å². The van der Waals surface area contributed by atoms with Crippen molar-refractivity contribution in [2.24, 2.45) is 5.73 Å². The van der Waals surface area contributed by atoms with Crippen LogP contribution in [0.25, 0.3) is 0 Å². The molecule has 0 heterocycles. The van der Waals surface area contributed by atoms with Crippen molar-refractivity contribution in [3.63, 3.8) is 0 Å². The second-order valence-corrected chi connectivity index (χ2v) is 5.13. The molecule has 0 saturated carbocycles.